The van der Waals surface area contributed by atoms with Crippen LogP contribution in [0, 0.1) is 6.92 Å². The number of rotatable bonds is 4. The standard InChI is InChI=1S/C18H34N4/c1-14-10-15(8-9-18(14)19)20-12-17(22(5,6)7)11-16(20)13-21(2,3)4/h8-10,16-17H,11-13,19H2,1-7H3/q+2. The van der Waals surface area contributed by atoms with E-state index in [1.54, 1.807) is 0 Å². The Labute approximate surface area is 136 Å². The number of likely N-dealkylation sites (N-methyl/N-ethyl adjacent to an activating group) is 2. The third-order valence-electron chi connectivity index (χ3n) is 4.83. The van der Waals surface area contributed by atoms with Gasteiger partial charge in [-0.25, -0.2) is 0 Å². The van der Waals surface area contributed by atoms with Gasteiger partial charge in [-0.3, -0.25) is 0 Å². The number of nitrogen functional groups attached to an aromatic ring is 1. The van der Waals surface area contributed by atoms with Gasteiger partial charge in [-0.1, -0.05) is 0 Å². The van der Waals surface area contributed by atoms with E-state index in [1.807, 2.05) is 6.07 Å². The predicted octanol–water partition coefficient (Wildman–Crippen LogP) is 1.94. The molecule has 1 fully saturated rings. The van der Waals surface area contributed by atoms with Crippen LogP contribution in [0.15, 0.2) is 18.2 Å². The van der Waals surface area contributed by atoms with Crippen molar-refractivity contribution < 1.29 is 8.97 Å². The number of nitrogens with zero attached hydrogens (tertiary/aromatic N) is 3. The van der Waals surface area contributed by atoms with Crippen LogP contribution in [0.2, 0.25) is 0 Å². The molecule has 1 saturated heterocycles. The number of nitrogens with two attached hydrogens (primary N) is 1. The second-order valence-corrected chi connectivity index (χ2v) is 8.83. The Hall–Kier alpha value is -1.26. The molecule has 0 aromatic heterocycles. The van der Waals surface area contributed by atoms with Gasteiger partial charge in [-0.2, -0.15) is 0 Å². The zero-order valence-corrected chi connectivity index (χ0v) is 15.4. The predicted molar refractivity (Wildman–Crippen MR) is 96.1 cm³/mol. The highest BCUT2D eigenvalue weighted by atomic mass is 15.4. The Bertz CT molecular complexity index is 525. The average molecular weight is 306 g/mol. The number of aryl methyl sites for hydroxylation is 1. The molecule has 1 aliphatic heterocycles. The third-order valence-corrected chi connectivity index (χ3v) is 4.83. The van der Waals surface area contributed by atoms with Gasteiger partial charge in [0.25, 0.3) is 0 Å². The van der Waals surface area contributed by atoms with Gasteiger partial charge < -0.3 is 19.6 Å². The molecule has 0 bridgehead atoms. The molecule has 22 heavy (non-hydrogen) atoms. The first-order chi connectivity index (χ1) is 9.97. The maximum Gasteiger partial charge on any atom is 0.108 e. The Morgan fingerprint density at radius 2 is 1.77 bits per heavy atom. The van der Waals surface area contributed by atoms with E-state index in [-0.39, 0.29) is 0 Å². The van der Waals surface area contributed by atoms with Crippen LogP contribution in [0.1, 0.15) is 12.0 Å². The van der Waals surface area contributed by atoms with Gasteiger partial charge in [0.2, 0.25) is 0 Å². The van der Waals surface area contributed by atoms with Crippen molar-refractivity contribution in [3.05, 3.63) is 23.8 Å². The summed E-state index contributed by atoms with van der Waals surface area (Å²) >= 11 is 0. The van der Waals surface area contributed by atoms with E-state index in [0.717, 1.165) is 21.2 Å². The van der Waals surface area contributed by atoms with Crippen molar-refractivity contribution >= 4 is 11.4 Å². The zero-order valence-electron chi connectivity index (χ0n) is 15.4. The second kappa shape index (κ2) is 5.74. The minimum absolute atomic E-state index is 0.588. The summed E-state index contributed by atoms with van der Waals surface area (Å²) in [7, 11) is 13.8. The zero-order chi connectivity index (χ0) is 16.7. The number of quaternary nitrogens is 2. The monoisotopic (exact) mass is 306 g/mol. The maximum absolute atomic E-state index is 6.00. The first kappa shape index (κ1) is 17.1. The topological polar surface area (TPSA) is 29.3 Å². The summed E-state index contributed by atoms with van der Waals surface area (Å²) in [5, 5.41) is 0. The summed E-state index contributed by atoms with van der Waals surface area (Å²) < 4.78 is 2.02. The molecule has 0 aliphatic carbocycles. The van der Waals surface area contributed by atoms with Crippen LogP contribution in [0.3, 0.4) is 0 Å². The van der Waals surface area contributed by atoms with Crippen molar-refractivity contribution in [2.24, 2.45) is 0 Å². The van der Waals surface area contributed by atoms with E-state index in [0.29, 0.717) is 12.1 Å². The van der Waals surface area contributed by atoms with Gasteiger partial charge in [-0.15, -0.1) is 0 Å². The van der Waals surface area contributed by atoms with Crippen molar-refractivity contribution in [1.29, 1.82) is 0 Å². The number of hydrogen-bond acceptors (Lipinski definition) is 2. The summed E-state index contributed by atoms with van der Waals surface area (Å²) in [4.78, 5) is 2.60. The van der Waals surface area contributed by atoms with Crippen LogP contribution in [-0.4, -0.2) is 76.4 Å². The van der Waals surface area contributed by atoms with Gasteiger partial charge >= 0.3 is 0 Å². The molecule has 0 saturated carbocycles. The fourth-order valence-electron chi connectivity index (χ4n) is 3.41. The third kappa shape index (κ3) is 3.93. The van der Waals surface area contributed by atoms with Crippen LogP contribution in [0.25, 0.3) is 0 Å². The normalized spacial score (nSPS) is 23.1. The molecule has 0 amide bonds. The Kier molecular flexibility index (Phi) is 4.46. The molecule has 1 aromatic rings. The lowest BCUT2D eigenvalue weighted by Gasteiger charge is -2.33. The summed E-state index contributed by atoms with van der Waals surface area (Å²) in [5.41, 5.74) is 9.38. The second-order valence-electron chi connectivity index (χ2n) is 8.83. The molecule has 1 aromatic carbocycles. The van der Waals surface area contributed by atoms with Gasteiger partial charge in [0.1, 0.15) is 6.04 Å². The average Bonchev–Trinajstić information content (AvgIpc) is 2.74. The van der Waals surface area contributed by atoms with Gasteiger partial charge in [-0.05, 0) is 30.7 Å². The molecule has 2 N–H and O–H groups in total. The number of hydrogen-bond donors (Lipinski definition) is 1. The van der Waals surface area contributed by atoms with Gasteiger partial charge in [0.15, 0.2) is 0 Å². The lowest BCUT2D eigenvalue weighted by molar-refractivity contribution is -0.894. The highest BCUT2D eigenvalue weighted by Crippen LogP contribution is 2.31. The van der Waals surface area contributed by atoms with Crippen LogP contribution in [0.4, 0.5) is 11.4 Å². The van der Waals surface area contributed by atoms with E-state index in [4.69, 9.17) is 5.73 Å². The first-order valence-electron chi connectivity index (χ1n) is 8.22. The van der Waals surface area contributed by atoms with E-state index in [2.05, 4.69) is 66.2 Å². The quantitative estimate of drug-likeness (QED) is 0.680. The van der Waals surface area contributed by atoms with Crippen molar-refractivity contribution in [2.75, 3.05) is 66.0 Å². The number of benzene rings is 1. The lowest BCUT2D eigenvalue weighted by Crippen LogP contribution is -2.46. The Balaban J connectivity index is 2.30. The summed E-state index contributed by atoms with van der Waals surface area (Å²) in [6.45, 7) is 4.39. The van der Waals surface area contributed by atoms with Crippen molar-refractivity contribution in [3.8, 4) is 0 Å². The van der Waals surface area contributed by atoms with E-state index < -0.39 is 0 Å². The van der Waals surface area contributed by atoms with Crippen LogP contribution < -0.4 is 10.6 Å². The van der Waals surface area contributed by atoms with E-state index in [9.17, 15) is 0 Å². The Morgan fingerprint density at radius 3 is 2.27 bits per heavy atom. The van der Waals surface area contributed by atoms with Crippen molar-refractivity contribution in [1.82, 2.24) is 0 Å². The van der Waals surface area contributed by atoms with Crippen molar-refractivity contribution in [2.45, 2.75) is 25.4 Å². The molecular weight excluding hydrogens is 272 g/mol. The summed E-state index contributed by atoms with van der Waals surface area (Å²) in [6, 6.07) is 7.74. The van der Waals surface area contributed by atoms with Crippen molar-refractivity contribution in [3.63, 3.8) is 0 Å². The minimum Gasteiger partial charge on any atom is -0.399 e. The first-order valence-corrected chi connectivity index (χ1v) is 8.22. The Morgan fingerprint density at radius 1 is 1.14 bits per heavy atom. The molecule has 2 unspecified atom stereocenters. The van der Waals surface area contributed by atoms with Crippen LogP contribution in [-0.2, 0) is 0 Å². The van der Waals surface area contributed by atoms with Gasteiger partial charge in [0.05, 0.1) is 61.4 Å². The molecule has 4 nitrogen and oxygen atoms in total. The molecule has 0 radical (unpaired) electrons. The minimum atomic E-state index is 0.588. The molecule has 1 aliphatic rings. The molecular formula is C18H34N4+2. The van der Waals surface area contributed by atoms with Gasteiger partial charge in [0, 0.05) is 17.8 Å². The molecule has 4 heteroatoms. The lowest BCUT2D eigenvalue weighted by atomic mass is 10.1. The highest BCUT2D eigenvalue weighted by molar-refractivity contribution is 5.59. The molecule has 124 valence electrons. The highest BCUT2D eigenvalue weighted by Gasteiger charge is 2.41. The fourth-order valence-corrected chi connectivity index (χ4v) is 3.41. The molecule has 2 rings (SSSR count). The molecule has 1 heterocycles. The van der Waals surface area contributed by atoms with Crippen LogP contribution in [0.5, 0.6) is 0 Å². The molecule has 0 spiro atoms. The number of anilines is 2. The smallest absolute Gasteiger partial charge is 0.108 e. The van der Waals surface area contributed by atoms with E-state index in [1.165, 1.54) is 24.2 Å². The summed E-state index contributed by atoms with van der Waals surface area (Å²) in [5.74, 6) is 0. The van der Waals surface area contributed by atoms with Crippen LogP contribution >= 0.6 is 0 Å². The SMILES string of the molecule is Cc1cc(N2CC([N+](C)(C)C)CC2C[N+](C)(C)C)ccc1N. The maximum atomic E-state index is 6.00. The van der Waals surface area contributed by atoms with E-state index >= 15 is 0 Å². The summed E-state index contributed by atoms with van der Waals surface area (Å²) in [6.07, 6.45) is 1.25. The fraction of sp³-hybridized carbons (Fsp3) is 0.667. The molecule has 2 atom stereocenters. The largest absolute Gasteiger partial charge is 0.399 e.